The number of hydrogen-bond acceptors (Lipinski definition) is 6. The fourth-order valence-electron chi connectivity index (χ4n) is 1.89. The molecule has 2 aromatic heterocycles. The van der Waals surface area contributed by atoms with Gasteiger partial charge in [0.1, 0.15) is 5.75 Å². The van der Waals surface area contributed by atoms with E-state index in [0.29, 0.717) is 14.9 Å². The lowest BCUT2D eigenvalue weighted by molar-refractivity contribution is 0.101. The number of anilines is 1. The van der Waals surface area contributed by atoms with E-state index in [4.69, 9.17) is 4.74 Å². The first-order chi connectivity index (χ1) is 10.6. The van der Waals surface area contributed by atoms with E-state index in [0.717, 1.165) is 16.0 Å². The normalized spacial score (nSPS) is 10.6. The summed E-state index contributed by atoms with van der Waals surface area (Å²) in [7, 11) is 1.61. The summed E-state index contributed by atoms with van der Waals surface area (Å²) < 4.78 is 6.10. The molecular weight excluding hydrogens is 320 g/mol. The van der Waals surface area contributed by atoms with Crippen LogP contribution in [0.15, 0.2) is 30.3 Å². The van der Waals surface area contributed by atoms with Crippen molar-refractivity contribution in [1.29, 1.82) is 0 Å². The third-order valence-electron chi connectivity index (χ3n) is 2.99. The fraction of sp³-hybridized carbons (Fsp3) is 0.133. The lowest BCUT2D eigenvalue weighted by Crippen LogP contribution is -2.09. The van der Waals surface area contributed by atoms with Crippen LogP contribution in [0.1, 0.15) is 26.3 Å². The summed E-state index contributed by atoms with van der Waals surface area (Å²) in [5, 5.41) is 3.28. The summed E-state index contributed by atoms with van der Waals surface area (Å²) >= 11 is 2.55. The van der Waals surface area contributed by atoms with Crippen molar-refractivity contribution in [2.75, 3.05) is 12.4 Å². The summed E-state index contributed by atoms with van der Waals surface area (Å²) in [6.07, 6.45) is 0. The number of methoxy groups -OCH3 is 1. The Morgan fingerprint density at radius 3 is 2.59 bits per heavy atom. The maximum atomic E-state index is 12.2. The highest BCUT2D eigenvalue weighted by Gasteiger charge is 2.14. The first-order valence-electron chi connectivity index (χ1n) is 6.43. The first kappa shape index (κ1) is 14.7. The highest BCUT2D eigenvalue weighted by atomic mass is 32.1. The Balaban J connectivity index is 1.82. The molecule has 0 aliphatic rings. The van der Waals surface area contributed by atoms with Crippen LogP contribution in [-0.4, -0.2) is 23.8 Å². The van der Waals surface area contributed by atoms with E-state index in [1.54, 1.807) is 19.2 Å². The zero-order valence-electron chi connectivity index (χ0n) is 11.9. The van der Waals surface area contributed by atoms with Crippen molar-refractivity contribution in [3.8, 4) is 5.75 Å². The van der Waals surface area contributed by atoms with Gasteiger partial charge in [-0.1, -0.05) is 11.3 Å². The number of benzene rings is 1. The Morgan fingerprint density at radius 2 is 1.91 bits per heavy atom. The molecule has 7 heteroatoms. The number of thiophene rings is 1. The number of nitrogens with zero attached hydrogens (tertiary/aromatic N) is 1. The zero-order chi connectivity index (χ0) is 15.7. The van der Waals surface area contributed by atoms with E-state index in [9.17, 15) is 9.59 Å². The van der Waals surface area contributed by atoms with Gasteiger partial charge in [0.2, 0.25) is 0 Å². The van der Waals surface area contributed by atoms with Crippen LogP contribution in [0.2, 0.25) is 0 Å². The van der Waals surface area contributed by atoms with Crippen LogP contribution in [0.3, 0.4) is 0 Å². The van der Waals surface area contributed by atoms with Crippen LogP contribution in [-0.2, 0) is 0 Å². The van der Waals surface area contributed by atoms with Crippen LogP contribution in [0.25, 0.3) is 10.2 Å². The fourth-order valence-corrected chi connectivity index (χ4v) is 3.58. The molecule has 1 amide bonds. The van der Waals surface area contributed by atoms with Gasteiger partial charge < -0.3 is 4.74 Å². The molecule has 112 valence electrons. The maximum absolute atomic E-state index is 12.2. The molecule has 0 fully saturated rings. The van der Waals surface area contributed by atoms with Crippen molar-refractivity contribution in [3.05, 3.63) is 40.1 Å². The minimum Gasteiger partial charge on any atom is -0.497 e. The molecule has 0 spiro atoms. The Morgan fingerprint density at radius 1 is 1.14 bits per heavy atom. The molecule has 0 unspecified atom stereocenters. The molecule has 1 aromatic carbocycles. The van der Waals surface area contributed by atoms with Gasteiger partial charge in [-0.2, -0.15) is 0 Å². The van der Waals surface area contributed by atoms with E-state index >= 15 is 0 Å². The lowest BCUT2D eigenvalue weighted by Gasteiger charge is -1.97. The summed E-state index contributed by atoms with van der Waals surface area (Å²) in [6.45, 7) is 1.48. The minimum atomic E-state index is -0.261. The van der Waals surface area contributed by atoms with Crippen LogP contribution >= 0.6 is 22.7 Å². The van der Waals surface area contributed by atoms with Gasteiger partial charge in [-0.05, 0) is 37.3 Å². The molecule has 0 atom stereocenters. The molecule has 2 heterocycles. The quantitative estimate of drug-likeness (QED) is 0.738. The average Bonchev–Trinajstić information content (AvgIpc) is 3.12. The zero-order valence-corrected chi connectivity index (χ0v) is 13.5. The molecule has 0 aliphatic carbocycles. The maximum Gasteiger partial charge on any atom is 0.267 e. The number of rotatable bonds is 4. The van der Waals surface area contributed by atoms with Crippen molar-refractivity contribution in [2.24, 2.45) is 0 Å². The second-order valence-corrected chi connectivity index (χ2v) is 6.64. The number of nitrogens with one attached hydrogen (secondary N) is 1. The average molecular weight is 332 g/mol. The molecule has 0 bridgehead atoms. The van der Waals surface area contributed by atoms with E-state index in [1.807, 2.05) is 18.2 Å². The Hall–Kier alpha value is -2.25. The van der Waals surface area contributed by atoms with E-state index < -0.39 is 0 Å². The second kappa shape index (κ2) is 5.86. The topological polar surface area (TPSA) is 68.3 Å². The molecule has 0 saturated carbocycles. The van der Waals surface area contributed by atoms with Crippen molar-refractivity contribution in [3.63, 3.8) is 0 Å². The van der Waals surface area contributed by atoms with Gasteiger partial charge in [-0.25, -0.2) is 4.98 Å². The molecule has 3 rings (SSSR count). The SMILES string of the molecule is COc1ccc2nc(NC(=O)c3ccc(C(C)=O)s3)sc2c1. The Labute approximate surface area is 134 Å². The van der Waals surface area contributed by atoms with Crippen molar-refractivity contribution in [2.45, 2.75) is 6.92 Å². The van der Waals surface area contributed by atoms with Crippen molar-refractivity contribution < 1.29 is 14.3 Å². The van der Waals surface area contributed by atoms with E-state index in [-0.39, 0.29) is 11.7 Å². The number of carbonyl (C=O) groups is 2. The number of aromatic nitrogens is 1. The van der Waals surface area contributed by atoms with Crippen LogP contribution in [0, 0.1) is 0 Å². The van der Waals surface area contributed by atoms with Gasteiger partial charge in [0, 0.05) is 0 Å². The molecule has 0 radical (unpaired) electrons. The predicted molar refractivity (Wildman–Crippen MR) is 88.4 cm³/mol. The van der Waals surface area contributed by atoms with Gasteiger partial charge >= 0.3 is 0 Å². The Bertz CT molecular complexity index is 867. The van der Waals surface area contributed by atoms with E-state index in [1.165, 1.54) is 29.6 Å². The highest BCUT2D eigenvalue weighted by molar-refractivity contribution is 7.22. The molecule has 3 aromatic rings. The van der Waals surface area contributed by atoms with Crippen LogP contribution < -0.4 is 10.1 Å². The number of Topliss-reactive ketones (excluding diaryl/α,β-unsaturated/α-hetero) is 1. The molecule has 5 nitrogen and oxygen atoms in total. The van der Waals surface area contributed by atoms with Gasteiger partial charge in [0.15, 0.2) is 10.9 Å². The van der Waals surface area contributed by atoms with E-state index in [2.05, 4.69) is 10.3 Å². The molecule has 1 N–H and O–H groups in total. The standard InChI is InChI=1S/C15H12N2O3S2/c1-8(18)11-5-6-12(21-11)14(19)17-15-16-10-4-3-9(20-2)7-13(10)22-15/h3-7H,1-2H3,(H,16,17,19). The van der Waals surface area contributed by atoms with Gasteiger partial charge in [-0.15, -0.1) is 11.3 Å². The Kier molecular flexibility index (Phi) is 3.91. The summed E-state index contributed by atoms with van der Waals surface area (Å²) in [4.78, 5) is 28.9. The lowest BCUT2D eigenvalue weighted by atomic mass is 10.3. The number of amides is 1. The number of thiazole rings is 1. The molecule has 22 heavy (non-hydrogen) atoms. The summed E-state index contributed by atoms with van der Waals surface area (Å²) in [5.74, 6) is 0.443. The third-order valence-corrected chi connectivity index (χ3v) is 5.11. The largest absolute Gasteiger partial charge is 0.497 e. The predicted octanol–water partition coefficient (Wildman–Crippen LogP) is 3.82. The number of fused-ring (bicyclic) bond motifs is 1. The molecule has 0 saturated heterocycles. The van der Waals surface area contributed by atoms with Crippen LogP contribution in [0.5, 0.6) is 5.75 Å². The van der Waals surface area contributed by atoms with Crippen molar-refractivity contribution in [1.82, 2.24) is 4.98 Å². The van der Waals surface area contributed by atoms with Gasteiger partial charge in [0.25, 0.3) is 5.91 Å². The third kappa shape index (κ3) is 2.86. The van der Waals surface area contributed by atoms with Gasteiger partial charge in [-0.3, -0.25) is 14.9 Å². The monoisotopic (exact) mass is 332 g/mol. The minimum absolute atomic E-state index is 0.0452. The molecular formula is C15H12N2O3S2. The smallest absolute Gasteiger partial charge is 0.267 e. The highest BCUT2D eigenvalue weighted by Crippen LogP contribution is 2.29. The summed E-state index contributed by atoms with van der Waals surface area (Å²) in [6, 6.07) is 8.85. The molecule has 0 aliphatic heterocycles. The first-order valence-corrected chi connectivity index (χ1v) is 8.07. The number of ether oxygens (including phenoxy) is 1. The second-order valence-electron chi connectivity index (χ2n) is 4.53. The number of carbonyl (C=O) groups excluding carboxylic acids is 2. The summed E-state index contributed by atoms with van der Waals surface area (Å²) in [5.41, 5.74) is 0.803. The van der Waals surface area contributed by atoms with Gasteiger partial charge in [0.05, 0.1) is 27.1 Å². The number of ketones is 1. The van der Waals surface area contributed by atoms with Crippen LogP contribution in [0.4, 0.5) is 5.13 Å². The number of hydrogen-bond donors (Lipinski definition) is 1. The van der Waals surface area contributed by atoms with Crippen molar-refractivity contribution >= 4 is 49.7 Å².